The third-order valence-electron chi connectivity index (χ3n) is 3.72. The van der Waals surface area contributed by atoms with E-state index in [1.807, 2.05) is 24.3 Å². The van der Waals surface area contributed by atoms with Crippen LogP contribution in [-0.4, -0.2) is 22.8 Å². The number of aromatic nitrogens is 2. The molecular formula is C19H18FN3O3. The highest BCUT2D eigenvalue weighted by atomic mass is 19.1. The van der Waals surface area contributed by atoms with Gasteiger partial charge in [-0.2, -0.15) is 0 Å². The number of amides is 1. The van der Waals surface area contributed by atoms with Gasteiger partial charge in [0.15, 0.2) is 5.69 Å². The first kappa shape index (κ1) is 17.6. The Morgan fingerprint density at radius 1 is 1.12 bits per heavy atom. The number of hydrogen-bond donors (Lipinski definition) is 1. The van der Waals surface area contributed by atoms with Crippen LogP contribution in [0.15, 0.2) is 53.2 Å². The Hall–Kier alpha value is -3.22. The number of hydrogen-bond acceptors (Lipinski definition) is 5. The number of rotatable bonds is 7. The van der Waals surface area contributed by atoms with Crippen LogP contribution in [0.2, 0.25) is 0 Å². The molecule has 2 aromatic carbocycles. The normalized spacial score (nSPS) is 10.5. The van der Waals surface area contributed by atoms with Gasteiger partial charge in [0, 0.05) is 11.1 Å². The van der Waals surface area contributed by atoms with E-state index in [-0.39, 0.29) is 5.82 Å². The zero-order valence-electron chi connectivity index (χ0n) is 14.2. The predicted molar refractivity (Wildman–Crippen MR) is 94.5 cm³/mol. The molecule has 6 nitrogen and oxygen atoms in total. The SMILES string of the molecule is CCCCOc1ccc(-c2nonc2NC(=O)c2ccc(F)cc2)cc1. The summed E-state index contributed by atoms with van der Waals surface area (Å²) in [5.74, 6) is 0.114. The molecule has 26 heavy (non-hydrogen) atoms. The molecule has 1 amide bonds. The first-order valence-corrected chi connectivity index (χ1v) is 8.30. The molecule has 3 rings (SSSR count). The molecule has 0 aliphatic heterocycles. The van der Waals surface area contributed by atoms with Gasteiger partial charge in [-0.05, 0) is 65.3 Å². The summed E-state index contributed by atoms with van der Waals surface area (Å²) in [5, 5.41) is 10.2. The lowest BCUT2D eigenvalue weighted by Crippen LogP contribution is -2.12. The van der Waals surface area contributed by atoms with Crippen LogP contribution in [0.4, 0.5) is 10.2 Å². The Kier molecular flexibility index (Phi) is 5.58. The zero-order valence-corrected chi connectivity index (χ0v) is 14.2. The minimum Gasteiger partial charge on any atom is -0.494 e. The Balaban J connectivity index is 1.71. The van der Waals surface area contributed by atoms with Gasteiger partial charge in [-0.3, -0.25) is 4.79 Å². The monoisotopic (exact) mass is 355 g/mol. The fraction of sp³-hybridized carbons (Fsp3) is 0.211. The van der Waals surface area contributed by atoms with Gasteiger partial charge in [0.25, 0.3) is 5.91 Å². The van der Waals surface area contributed by atoms with Crippen molar-refractivity contribution in [3.63, 3.8) is 0 Å². The maximum absolute atomic E-state index is 13.0. The van der Waals surface area contributed by atoms with E-state index in [1.54, 1.807) is 0 Å². The number of halogens is 1. The van der Waals surface area contributed by atoms with Crippen LogP contribution in [-0.2, 0) is 0 Å². The molecule has 0 fully saturated rings. The molecule has 0 aliphatic carbocycles. The molecule has 0 bridgehead atoms. The van der Waals surface area contributed by atoms with Crippen molar-refractivity contribution in [2.24, 2.45) is 0 Å². The Labute approximate surface area is 149 Å². The number of ether oxygens (including phenoxy) is 1. The van der Waals surface area contributed by atoms with Gasteiger partial charge < -0.3 is 10.1 Å². The van der Waals surface area contributed by atoms with Gasteiger partial charge in [-0.25, -0.2) is 9.02 Å². The number of carbonyl (C=O) groups is 1. The van der Waals surface area contributed by atoms with E-state index in [9.17, 15) is 9.18 Å². The summed E-state index contributed by atoms with van der Waals surface area (Å²) in [5.41, 5.74) is 1.43. The van der Waals surface area contributed by atoms with Crippen molar-refractivity contribution in [3.05, 3.63) is 59.9 Å². The van der Waals surface area contributed by atoms with Crippen LogP contribution < -0.4 is 10.1 Å². The highest BCUT2D eigenvalue weighted by Gasteiger charge is 2.16. The van der Waals surface area contributed by atoms with Crippen LogP contribution >= 0.6 is 0 Å². The lowest BCUT2D eigenvalue weighted by molar-refractivity contribution is 0.102. The largest absolute Gasteiger partial charge is 0.494 e. The molecule has 7 heteroatoms. The second kappa shape index (κ2) is 8.24. The maximum atomic E-state index is 13.0. The van der Waals surface area contributed by atoms with E-state index < -0.39 is 11.7 Å². The van der Waals surface area contributed by atoms with Gasteiger partial charge in [0.2, 0.25) is 5.82 Å². The summed E-state index contributed by atoms with van der Waals surface area (Å²) in [7, 11) is 0. The predicted octanol–water partition coefficient (Wildman–Crippen LogP) is 4.31. The summed E-state index contributed by atoms with van der Waals surface area (Å²) < 4.78 is 23.3. The first-order valence-electron chi connectivity index (χ1n) is 8.30. The van der Waals surface area contributed by atoms with Gasteiger partial charge in [-0.1, -0.05) is 13.3 Å². The van der Waals surface area contributed by atoms with Crippen molar-refractivity contribution < 1.29 is 18.6 Å². The van der Waals surface area contributed by atoms with Crippen LogP contribution in [0, 0.1) is 5.82 Å². The van der Waals surface area contributed by atoms with Crippen molar-refractivity contribution in [1.29, 1.82) is 0 Å². The van der Waals surface area contributed by atoms with E-state index >= 15 is 0 Å². The number of unbranched alkanes of at least 4 members (excludes halogenated alkanes) is 1. The van der Waals surface area contributed by atoms with E-state index in [2.05, 4.69) is 22.6 Å². The van der Waals surface area contributed by atoms with Crippen LogP contribution in [0.3, 0.4) is 0 Å². The average Bonchev–Trinajstić information content (AvgIpc) is 3.11. The molecule has 0 atom stereocenters. The Morgan fingerprint density at radius 2 is 1.85 bits per heavy atom. The van der Waals surface area contributed by atoms with E-state index in [0.29, 0.717) is 17.9 Å². The number of nitrogens with one attached hydrogen (secondary N) is 1. The van der Waals surface area contributed by atoms with Gasteiger partial charge in [-0.15, -0.1) is 0 Å². The Morgan fingerprint density at radius 3 is 2.54 bits per heavy atom. The lowest BCUT2D eigenvalue weighted by Gasteiger charge is -2.06. The molecule has 0 aliphatic rings. The minimum atomic E-state index is -0.429. The summed E-state index contributed by atoms with van der Waals surface area (Å²) in [6.07, 6.45) is 2.06. The maximum Gasteiger partial charge on any atom is 0.256 e. The highest BCUT2D eigenvalue weighted by Crippen LogP contribution is 2.26. The minimum absolute atomic E-state index is 0.193. The molecule has 0 spiro atoms. The molecular weight excluding hydrogens is 337 g/mol. The van der Waals surface area contributed by atoms with Crippen molar-refractivity contribution in [2.75, 3.05) is 11.9 Å². The molecule has 1 aromatic heterocycles. The van der Waals surface area contributed by atoms with Gasteiger partial charge in [0.05, 0.1) is 6.61 Å². The molecule has 0 radical (unpaired) electrons. The van der Waals surface area contributed by atoms with Crippen LogP contribution in [0.1, 0.15) is 30.1 Å². The molecule has 1 heterocycles. The quantitative estimate of drug-likeness (QED) is 0.639. The third-order valence-corrected chi connectivity index (χ3v) is 3.72. The lowest BCUT2D eigenvalue weighted by atomic mass is 10.1. The molecule has 1 N–H and O–H groups in total. The van der Waals surface area contributed by atoms with Crippen molar-refractivity contribution >= 4 is 11.7 Å². The summed E-state index contributed by atoms with van der Waals surface area (Å²) in [4.78, 5) is 12.2. The molecule has 0 saturated heterocycles. The second-order valence-electron chi connectivity index (χ2n) is 5.65. The first-order chi connectivity index (χ1) is 12.7. The van der Waals surface area contributed by atoms with E-state index in [1.165, 1.54) is 24.3 Å². The molecule has 3 aromatic rings. The average molecular weight is 355 g/mol. The summed E-state index contributed by atoms with van der Waals surface area (Å²) in [6.45, 7) is 2.77. The highest BCUT2D eigenvalue weighted by molar-refractivity contribution is 6.05. The topological polar surface area (TPSA) is 77.2 Å². The fourth-order valence-corrected chi connectivity index (χ4v) is 2.28. The van der Waals surface area contributed by atoms with Gasteiger partial charge >= 0.3 is 0 Å². The van der Waals surface area contributed by atoms with Gasteiger partial charge in [0.1, 0.15) is 11.6 Å². The summed E-state index contributed by atoms with van der Waals surface area (Å²) in [6, 6.07) is 12.5. The fourth-order valence-electron chi connectivity index (χ4n) is 2.28. The number of carbonyl (C=O) groups excluding carboxylic acids is 1. The molecule has 134 valence electrons. The van der Waals surface area contributed by atoms with Crippen LogP contribution in [0.5, 0.6) is 5.75 Å². The molecule has 0 unspecified atom stereocenters. The number of anilines is 1. The number of nitrogens with zero attached hydrogens (tertiary/aromatic N) is 2. The van der Waals surface area contributed by atoms with Crippen LogP contribution in [0.25, 0.3) is 11.3 Å². The van der Waals surface area contributed by atoms with E-state index in [0.717, 1.165) is 24.2 Å². The van der Waals surface area contributed by atoms with Crippen molar-refractivity contribution in [2.45, 2.75) is 19.8 Å². The van der Waals surface area contributed by atoms with Crippen molar-refractivity contribution in [3.8, 4) is 17.0 Å². The van der Waals surface area contributed by atoms with E-state index in [4.69, 9.17) is 9.37 Å². The smallest absolute Gasteiger partial charge is 0.256 e. The van der Waals surface area contributed by atoms with Crippen molar-refractivity contribution in [1.82, 2.24) is 10.3 Å². The standard InChI is InChI=1S/C19H18FN3O3/c1-2-3-12-25-16-10-6-13(7-11-16)17-18(23-26-22-17)21-19(24)14-4-8-15(20)9-5-14/h4-11H,2-3,12H2,1H3,(H,21,23,24). The molecule has 0 saturated carbocycles. The Bertz CT molecular complexity index is 860. The third kappa shape index (κ3) is 4.24. The second-order valence-corrected chi connectivity index (χ2v) is 5.65. The summed E-state index contributed by atoms with van der Waals surface area (Å²) >= 11 is 0. The zero-order chi connectivity index (χ0) is 18.4. The number of benzene rings is 2.